The van der Waals surface area contributed by atoms with Crippen molar-refractivity contribution in [3.63, 3.8) is 0 Å². The molecule has 5 heterocycles. The van der Waals surface area contributed by atoms with Gasteiger partial charge in [-0.05, 0) is 68.3 Å². The highest BCUT2D eigenvalue weighted by atomic mass is 32.2. The van der Waals surface area contributed by atoms with Crippen molar-refractivity contribution in [3.8, 4) is 0 Å². The second-order valence-electron chi connectivity index (χ2n) is 15.1. The summed E-state index contributed by atoms with van der Waals surface area (Å²) < 4.78 is 31.3. The van der Waals surface area contributed by atoms with Crippen molar-refractivity contribution in [2.24, 2.45) is 33.6 Å². The van der Waals surface area contributed by atoms with Gasteiger partial charge < -0.3 is 39.0 Å². The van der Waals surface area contributed by atoms with E-state index in [0.29, 0.717) is 37.9 Å². The molecule has 2 spiro atoms. The minimum absolute atomic E-state index is 0.0550. The number of ether oxygens (including phenoxy) is 5. The van der Waals surface area contributed by atoms with Gasteiger partial charge in [-0.1, -0.05) is 13.8 Å². The minimum Gasteiger partial charge on any atom is -0.458 e. The summed E-state index contributed by atoms with van der Waals surface area (Å²) >= 11 is 1.58. The fourth-order valence-electron chi connectivity index (χ4n) is 11.6. The average Bonchev–Trinajstić information content (AvgIpc) is 3.18. The Balaban J connectivity index is 1.06. The Bertz CT molecular complexity index is 1310. The number of aliphatic hydroxyl groups is 3. The molecule has 11 heteroatoms. The molecule has 15 atom stereocenters. The third-order valence-corrected chi connectivity index (χ3v) is 14.7. The number of rotatable bonds is 1. The Kier molecular flexibility index (Phi) is 5.33. The molecule has 0 aromatic carbocycles. The number of carbonyl (C=O) groups excluding carboxylic acids is 1. The van der Waals surface area contributed by atoms with Gasteiger partial charge in [-0.25, -0.2) is 4.79 Å². The van der Waals surface area contributed by atoms with Crippen LogP contribution in [-0.4, -0.2) is 98.5 Å². The van der Waals surface area contributed by atoms with Crippen molar-refractivity contribution < 1.29 is 43.8 Å². The molecule has 3 saturated heterocycles. The molecular formula is C31H41NO9S. The quantitative estimate of drug-likeness (QED) is 0.232. The van der Waals surface area contributed by atoms with Crippen LogP contribution in [0.15, 0.2) is 16.6 Å². The van der Waals surface area contributed by atoms with Crippen LogP contribution in [0.2, 0.25) is 0 Å². The summed E-state index contributed by atoms with van der Waals surface area (Å²) in [7, 11) is 0. The Morgan fingerprint density at radius 1 is 1.07 bits per heavy atom. The molecule has 9 aliphatic rings. The van der Waals surface area contributed by atoms with Gasteiger partial charge in [0.15, 0.2) is 4.87 Å². The molecule has 3 N–H and O–H groups in total. The number of fused-ring (bicyclic) bond motifs is 6. The molecule has 4 aliphatic carbocycles. The number of epoxide rings is 1. The predicted octanol–water partition coefficient (Wildman–Crippen LogP) is 2.08. The lowest BCUT2D eigenvalue weighted by Gasteiger charge is -2.65. The molecule has 0 aromatic heterocycles. The van der Waals surface area contributed by atoms with E-state index in [1.54, 1.807) is 17.8 Å². The molecule has 0 bridgehead atoms. The number of nitrogens with zero attached hydrogens (tertiary/aromatic N) is 1. The van der Waals surface area contributed by atoms with E-state index < -0.39 is 51.2 Å². The molecule has 42 heavy (non-hydrogen) atoms. The Hall–Kier alpha value is -1.05. The van der Waals surface area contributed by atoms with Gasteiger partial charge in [0.05, 0.1) is 30.5 Å². The molecular weight excluding hydrogens is 562 g/mol. The van der Waals surface area contributed by atoms with Crippen molar-refractivity contribution in [1.82, 2.24) is 0 Å². The van der Waals surface area contributed by atoms with Gasteiger partial charge >= 0.3 is 5.97 Å². The van der Waals surface area contributed by atoms with E-state index in [0.717, 1.165) is 18.4 Å². The second-order valence-corrected chi connectivity index (χ2v) is 16.4. The van der Waals surface area contributed by atoms with E-state index in [4.69, 9.17) is 28.7 Å². The maximum Gasteiger partial charge on any atom is 0.331 e. The van der Waals surface area contributed by atoms with Crippen LogP contribution in [0, 0.1) is 28.6 Å². The minimum atomic E-state index is -1.72. The molecule has 0 radical (unpaired) electrons. The number of hydrogen-bond donors (Lipinski definition) is 3. The van der Waals surface area contributed by atoms with Gasteiger partial charge in [0.2, 0.25) is 6.29 Å². The first-order valence-corrected chi connectivity index (χ1v) is 16.7. The first-order valence-electron chi connectivity index (χ1n) is 15.7. The van der Waals surface area contributed by atoms with Crippen LogP contribution < -0.4 is 0 Å². The lowest BCUT2D eigenvalue weighted by atomic mass is 9.42. The maximum atomic E-state index is 12.8. The molecule has 5 aliphatic heterocycles. The lowest BCUT2D eigenvalue weighted by molar-refractivity contribution is -0.446. The molecule has 15 unspecified atom stereocenters. The number of carbonyl (C=O) groups is 1. The fourth-order valence-corrected chi connectivity index (χ4v) is 12.9. The maximum absolute atomic E-state index is 12.8. The molecule has 7 fully saturated rings. The number of hydrogen-bond acceptors (Lipinski definition) is 11. The SMILES string of the molecule is CC1CC2(N=CCS2)C2(O)OC3CC4(C)C(CC3OC2O1)CC1OC12C4C(O)CC1(C)C(C3=CC(=O)OC3)CCC12O. The largest absolute Gasteiger partial charge is 0.458 e. The number of esters is 1. The van der Waals surface area contributed by atoms with Crippen LogP contribution in [-0.2, 0) is 28.5 Å². The van der Waals surface area contributed by atoms with Crippen molar-refractivity contribution in [2.45, 2.75) is 124 Å². The lowest BCUT2D eigenvalue weighted by Crippen LogP contribution is -2.75. The Morgan fingerprint density at radius 2 is 1.90 bits per heavy atom. The summed E-state index contributed by atoms with van der Waals surface area (Å²) in [6.07, 6.45) is 5.13. The number of aliphatic hydroxyl groups excluding tert-OH is 1. The predicted molar refractivity (Wildman–Crippen MR) is 149 cm³/mol. The van der Waals surface area contributed by atoms with Crippen molar-refractivity contribution >= 4 is 23.9 Å². The summed E-state index contributed by atoms with van der Waals surface area (Å²) in [6.45, 7) is 6.54. The number of aliphatic imine (C=N–C) groups is 1. The van der Waals surface area contributed by atoms with Crippen molar-refractivity contribution in [2.75, 3.05) is 12.4 Å². The van der Waals surface area contributed by atoms with Crippen LogP contribution in [0.5, 0.6) is 0 Å². The molecule has 0 amide bonds. The Morgan fingerprint density at radius 3 is 2.64 bits per heavy atom. The van der Waals surface area contributed by atoms with Gasteiger partial charge in [0.1, 0.15) is 17.8 Å². The topological polar surface area (TPSA) is 140 Å². The van der Waals surface area contributed by atoms with E-state index in [1.165, 1.54) is 0 Å². The van der Waals surface area contributed by atoms with E-state index in [-0.39, 0.29) is 48.6 Å². The zero-order chi connectivity index (χ0) is 29.1. The molecule has 4 saturated carbocycles. The third kappa shape index (κ3) is 2.99. The first kappa shape index (κ1) is 27.3. The molecule has 230 valence electrons. The van der Waals surface area contributed by atoms with Crippen LogP contribution >= 0.6 is 11.8 Å². The van der Waals surface area contributed by atoms with E-state index in [2.05, 4.69) is 13.8 Å². The highest BCUT2D eigenvalue weighted by molar-refractivity contribution is 8.01. The van der Waals surface area contributed by atoms with Gasteiger partial charge in [0.25, 0.3) is 5.79 Å². The van der Waals surface area contributed by atoms with E-state index in [9.17, 15) is 20.1 Å². The van der Waals surface area contributed by atoms with Crippen LogP contribution in [0.1, 0.15) is 65.7 Å². The summed E-state index contributed by atoms with van der Waals surface area (Å²) in [5.41, 5.74) is -2.15. The summed E-state index contributed by atoms with van der Waals surface area (Å²) in [5.74, 6) is -1.52. The van der Waals surface area contributed by atoms with Crippen molar-refractivity contribution in [3.05, 3.63) is 11.6 Å². The summed E-state index contributed by atoms with van der Waals surface area (Å²) in [4.78, 5) is 15.8. The van der Waals surface area contributed by atoms with Gasteiger partial charge in [-0.3, -0.25) is 4.99 Å². The summed E-state index contributed by atoms with van der Waals surface area (Å²) in [6, 6.07) is 0. The van der Waals surface area contributed by atoms with Gasteiger partial charge in [-0.2, -0.15) is 0 Å². The number of thioether (sulfide) groups is 1. The first-order chi connectivity index (χ1) is 19.9. The normalized spacial score (nSPS) is 62.3. The van der Waals surface area contributed by atoms with E-state index >= 15 is 0 Å². The molecule has 10 nitrogen and oxygen atoms in total. The van der Waals surface area contributed by atoms with Gasteiger partial charge in [0, 0.05) is 35.8 Å². The molecule has 0 aromatic rings. The highest BCUT2D eigenvalue weighted by Gasteiger charge is 2.87. The third-order valence-electron chi connectivity index (χ3n) is 13.4. The second kappa shape index (κ2) is 8.20. The highest BCUT2D eigenvalue weighted by Crippen LogP contribution is 2.78. The molecule has 9 rings (SSSR count). The zero-order valence-corrected chi connectivity index (χ0v) is 25.2. The van der Waals surface area contributed by atoms with Crippen LogP contribution in [0.4, 0.5) is 0 Å². The smallest absolute Gasteiger partial charge is 0.331 e. The zero-order valence-electron chi connectivity index (χ0n) is 24.4. The van der Waals surface area contributed by atoms with E-state index in [1.807, 2.05) is 13.1 Å². The summed E-state index contributed by atoms with van der Waals surface area (Å²) in [5, 5.41) is 37.0. The van der Waals surface area contributed by atoms with Crippen molar-refractivity contribution in [1.29, 1.82) is 0 Å². The van der Waals surface area contributed by atoms with Gasteiger partial charge in [-0.15, -0.1) is 11.8 Å². The van der Waals surface area contributed by atoms with Crippen LogP contribution in [0.3, 0.4) is 0 Å². The standard InChI is InChI=1S/C31H41NO9S/c1-15-11-29(32-6-7-42-29)31(36)25(38-15)39-20-9-17-10-22-30(41-22)24(26(17,2)13-21(20)40-31)19(33)12-27(3)18(4-5-28(27,30)35)16-8-23(34)37-14-16/h6,8,15,17-22,24-25,33,35-36H,4-5,7,9-14H2,1-3H3. The fraction of sp³-hybridized carbons (Fsp3) is 0.871. The Labute approximate surface area is 249 Å². The number of cyclic esters (lactones) is 1. The monoisotopic (exact) mass is 603 g/mol. The van der Waals surface area contributed by atoms with Crippen LogP contribution in [0.25, 0.3) is 0 Å². The average molecular weight is 604 g/mol.